The Morgan fingerprint density at radius 2 is 1.84 bits per heavy atom. The van der Waals surface area contributed by atoms with Crippen molar-refractivity contribution in [3.63, 3.8) is 0 Å². The lowest BCUT2D eigenvalue weighted by atomic mass is 10.2. The summed E-state index contributed by atoms with van der Waals surface area (Å²) in [7, 11) is 5.57. The van der Waals surface area contributed by atoms with Crippen LogP contribution in [-0.4, -0.2) is 56.1 Å². The van der Waals surface area contributed by atoms with Gasteiger partial charge in [0.05, 0.1) is 0 Å². The number of methoxy groups -OCH3 is 1. The minimum Gasteiger partial charge on any atom is -0.372 e. The minimum absolute atomic E-state index is 0.0354. The molecule has 0 heterocycles. The molecule has 0 saturated carbocycles. The van der Waals surface area contributed by atoms with Crippen LogP contribution in [0.5, 0.6) is 0 Å². The first kappa shape index (κ1) is 15.7. The predicted molar refractivity (Wildman–Crippen MR) is 76.9 cm³/mol. The molecule has 0 bridgehead atoms. The molecule has 4 nitrogen and oxygen atoms in total. The molecule has 1 rings (SSSR count). The van der Waals surface area contributed by atoms with Gasteiger partial charge in [-0.1, -0.05) is 30.3 Å². The molecule has 1 aromatic carbocycles. The number of carbonyl (C=O) groups excluding carboxylic acids is 1. The van der Waals surface area contributed by atoms with Crippen LogP contribution in [0.15, 0.2) is 30.3 Å². The average Bonchev–Trinajstić information content (AvgIpc) is 2.42. The van der Waals surface area contributed by atoms with Crippen LogP contribution in [0.1, 0.15) is 12.5 Å². The first-order valence-corrected chi connectivity index (χ1v) is 6.55. The topological polar surface area (TPSA) is 32.8 Å². The summed E-state index contributed by atoms with van der Waals surface area (Å²) in [6.45, 7) is 3.96. The summed E-state index contributed by atoms with van der Waals surface area (Å²) in [4.78, 5) is 16.2. The molecule has 0 saturated heterocycles. The Balaban J connectivity index is 2.71. The van der Waals surface area contributed by atoms with E-state index in [9.17, 15) is 4.79 Å². The molecule has 1 unspecified atom stereocenters. The van der Waals surface area contributed by atoms with E-state index in [-0.39, 0.29) is 5.91 Å². The molecule has 0 fully saturated rings. The fourth-order valence-corrected chi connectivity index (χ4v) is 1.75. The van der Waals surface area contributed by atoms with E-state index in [1.165, 1.54) is 0 Å². The number of ether oxygens (including phenoxy) is 1. The van der Waals surface area contributed by atoms with Crippen molar-refractivity contribution in [1.29, 1.82) is 0 Å². The number of hydrogen-bond acceptors (Lipinski definition) is 3. The highest BCUT2D eigenvalue weighted by Gasteiger charge is 2.20. The highest BCUT2D eigenvalue weighted by atomic mass is 16.5. The summed E-state index contributed by atoms with van der Waals surface area (Å²) >= 11 is 0. The number of benzene rings is 1. The molecular formula is C15H24N2O2. The van der Waals surface area contributed by atoms with Gasteiger partial charge < -0.3 is 14.5 Å². The van der Waals surface area contributed by atoms with Crippen molar-refractivity contribution in [2.45, 2.75) is 19.6 Å². The van der Waals surface area contributed by atoms with E-state index in [4.69, 9.17) is 4.74 Å². The van der Waals surface area contributed by atoms with Crippen LogP contribution in [0.25, 0.3) is 0 Å². The highest BCUT2D eigenvalue weighted by molar-refractivity contribution is 5.80. The normalized spacial score (nSPS) is 12.5. The number of carbonyl (C=O) groups is 1. The van der Waals surface area contributed by atoms with E-state index in [1.807, 2.05) is 49.3 Å². The molecule has 1 aromatic rings. The third kappa shape index (κ3) is 5.41. The van der Waals surface area contributed by atoms with E-state index < -0.39 is 6.10 Å². The Labute approximate surface area is 116 Å². The van der Waals surface area contributed by atoms with Gasteiger partial charge in [0, 0.05) is 26.7 Å². The molecule has 0 N–H and O–H groups in total. The van der Waals surface area contributed by atoms with Gasteiger partial charge in [0.25, 0.3) is 5.91 Å². The van der Waals surface area contributed by atoms with Gasteiger partial charge in [-0.3, -0.25) is 4.79 Å². The molecule has 0 aliphatic carbocycles. The molecule has 106 valence electrons. The second kappa shape index (κ2) is 7.92. The number of hydrogen-bond donors (Lipinski definition) is 0. The highest BCUT2D eigenvalue weighted by Crippen LogP contribution is 2.07. The van der Waals surface area contributed by atoms with Crippen molar-refractivity contribution in [3.05, 3.63) is 35.9 Å². The SMILES string of the molecule is COC(C)C(=O)N(CCN(C)C)Cc1ccccc1. The Bertz CT molecular complexity index is 379. The lowest BCUT2D eigenvalue weighted by molar-refractivity contribution is -0.141. The molecule has 0 aliphatic rings. The van der Waals surface area contributed by atoms with Gasteiger partial charge in [-0.25, -0.2) is 0 Å². The molecule has 1 atom stereocenters. The Hall–Kier alpha value is -1.39. The van der Waals surface area contributed by atoms with Crippen LogP contribution < -0.4 is 0 Å². The Morgan fingerprint density at radius 1 is 1.21 bits per heavy atom. The van der Waals surface area contributed by atoms with Gasteiger partial charge in [-0.2, -0.15) is 0 Å². The smallest absolute Gasteiger partial charge is 0.251 e. The summed E-state index contributed by atoms with van der Waals surface area (Å²) in [5.74, 6) is 0.0354. The summed E-state index contributed by atoms with van der Waals surface area (Å²) in [6, 6.07) is 10.0. The standard InChI is InChI=1S/C15H24N2O2/c1-13(19-4)15(18)17(11-10-16(2)3)12-14-8-6-5-7-9-14/h5-9,13H,10-12H2,1-4H3. The molecule has 0 radical (unpaired) electrons. The van der Waals surface area contributed by atoms with E-state index in [1.54, 1.807) is 14.0 Å². The lowest BCUT2D eigenvalue weighted by Crippen LogP contribution is -2.41. The first-order chi connectivity index (χ1) is 9.04. The van der Waals surface area contributed by atoms with E-state index in [0.29, 0.717) is 13.1 Å². The summed E-state index contributed by atoms with van der Waals surface area (Å²) < 4.78 is 5.13. The molecule has 0 aliphatic heterocycles. The second-order valence-corrected chi connectivity index (χ2v) is 4.93. The third-order valence-electron chi connectivity index (χ3n) is 3.05. The largest absolute Gasteiger partial charge is 0.372 e. The number of amides is 1. The van der Waals surface area contributed by atoms with E-state index >= 15 is 0 Å². The molecule has 4 heteroatoms. The lowest BCUT2D eigenvalue weighted by Gasteiger charge is -2.26. The molecule has 0 aromatic heterocycles. The summed E-state index contributed by atoms with van der Waals surface area (Å²) in [5, 5.41) is 0. The van der Waals surface area contributed by atoms with Crippen LogP contribution in [-0.2, 0) is 16.1 Å². The zero-order chi connectivity index (χ0) is 14.3. The van der Waals surface area contributed by atoms with Crippen LogP contribution in [0.3, 0.4) is 0 Å². The van der Waals surface area contributed by atoms with Crippen molar-refractivity contribution < 1.29 is 9.53 Å². The van der Waals surface area contributed by atoms with Crippen LogP contribution in [0.4, 0.5) is 0 Å². The number of rotatable bonds is 7. The first-order valence-electron chi connectivity index (χ1n) is 6.55. The zero-order valence-electron chi connectivity index (χ0n) is 12.3. The van der Waals surface area contributed by atoms with E-state index in [0.717, 1.165) is 12.1 Å². The maximum Gasteiger partial charge on any atom is 0.251 e. The van der Waals surface area contributed by atoms with Crippen LogP contribution >= 0.6 is 0 Å². The Morgan fingerprint density at radius 3 is 2.37 bits per heavy atom. The van der Waals surface area contributed by atoms with Crippen molar-refractivity contribution in [2.24, 2.45) is 0 Å². The monoisotopic (exact) mass is 264 g/mol. The second-order valence-electron chi connectivity index (χ2n) is 4.93. The maximum atomic E-state index is 12.3. The van der Waals surface area contributed by atoms with Gasteiger partial charge >= 0.3 is 0 Å². The Kier molecular flexibility index (Phi) is 6.53. The number of likely N-dealkylation sites (N-methyl/N-ethyl adjacent to an activating group) is 1. The van der Waals surface area contributed by atoms with Crippen molar-refractivity contribution in [2.75, 3.05) is 34.3 Å². The van der Waals surface area contributed by atoms with Gasteiger partial charge in [0.1, 0.15) is 6.10 Å². The minimum atomic E-state index is -0.397. The van der Waals surface area contributed by atoms with Gasteiger partial charge in [0.15, 0.2) is 0 Å². The van der Waals surface area contributed by atoms with Gasteiger partial charge in [0.2, 0.25) is 0 Å². The van der Waals surface area contributed by atoms with Gasteiger partial charge in [-0.15, -0.1) is 0 Å². The third-order valence-corrected chi connectivity index (χ3v) is 3.05. The summed E-state index contributed by atoms with van der Waals surface area (Å²) in [5.41, 5.74) is 1.14. The van der Waals surface area contributed by atoms with Crippen LogP contribution in [0, 0.1) is 0 Å². The predicted octanol–water partition coefficient (Wildman–Crippen LogP) is 1.61. The fraction of sp³-hybridized carbons (Fsp3) is 0.533. The zero-order valence-corrected chi connectivity index (χ0v) is 12.3. The van der Waals surface area contributed by atoms with Crippen molar-refractivity contribution in [3.8, 4) is 0 Å². The van der Waals surface area contributed by atoms with Crippen LogP contribution in [0.2, 0.25) is 0 Å². The van der Waals surface area contributed by atoms with E-state index in [2.05, 4.69) is 4.90 Å². The van der Waals surface area contributed by atoms with Gasteiger partial charge in [-0.05, 0) is 26.6 Å². The number of nitrogens with zero attached hydrogens (tertiary/aromatic N) is 2. The maximum absolute atomic E-state index is 12.3. The summed E-state index contributed by atoms with van der Waals surface area (Å²) in [6.07, 6.45) is -0.397. The van der Waals surface area contributed by atoms with Crippen molar-refractivity contribution in [1.82, 2.24) is 9.80 Å². The fourth-order valence-electron chi connectivity index (χ4n) is 1.75. The molecule has 1 amide bonds. The molecule has 19 heavy (non-hydrogen) atoms. The molecular weight excluding hydrogens is 240 g/mol. The molecule has 0 spiro atoms. The quantitative estimate of drug-likeness (QED) is 0.750. The average molecular weight is 264 g/mol. The van der Waals surface area contributed by atoms with Crippen molar-refractivity contribution >= 4 is 5.91 Å².